The molecule has 0 spiro atoms. The fourth-order valence-electron chi connectivity index (χ4n) is 2.87. The van der Waals surface area contributed by atoms with Crippen LogP contribution in [-0.4, -0.2) is 27.4 Å². The molecule has 0 amide bonds. The normalized spacial score (nSPS) is 18.4. The Bertz CT molecular complexity index is 395. The molecule has 1 saturated carbocycles. The molecule has 0 radical (unpaired) electrons. The fourth-order valence-corrected chi connectivity index (χ4v) is 2.87. The molecule has 2 atom stereocenters. The quantitative estimate of drug-likeness (QED) is 0.755. The second-order valence-corrected chi connectivity index (χ2v) is 6.71. The smallest absolute Gasteiger partial charge is 0.138 e. The van der Waals surface area contributed by atoms with E-state index in [1.54, 1.807) is 6.33 Å². The minimum absolute atomic E-state index is 0.539. The molecule has 1 fully saturated rings. The number of rotatable bonds is 9. The van der Waals surface area contributed by atoms with Crippen molar-refractivity contribution >= 4 is 0 Å². The number of hydrogen-bond donors (Lipinski definition) is 1. The summed E-state index contributed by atoms with van der Waals surface area (Å²) >= 11 is 0. The Morgan fingerprint density at radius 1 is 1.35 bits per heavy atom. The largest absolute Gasteiger partial charge is 0.313 e. The highest BCUT2D eigenvalue weighted by Gasteiger charge is 2.33. The van der Waals surface area contributed by atoms with Gasteiger partial charge in [0.2, 0.25) is 0 Å². The molecule has 20 heavy (non-hydrogen) atoms. The fraction of sp³-hybridized carbons (Fsp3) is 0.875. The van der Waals surface area contributed by atoms with Gasteiger partial charge in [-0.1, -0.05) is 27.7 Å². The van der Waals surface area contributed by atoms with Crippen molar-refractivity contribution in [2.45, 2.75) is 66.0 Å². The molecule has 4 nitrogen and oxygen atoms in total. The average Bonchev–Trinajstić information content (AvgIpc) is 3.17. The standard InChI is InChI=1S/C16H30N4/c1-5-8-17-15(13(4)14-6-7-14)9-16-18-11-19-20(16)10-12(2)3/h11-15,17H,5-10H2,1-4H3. The lowest BCUT2D eigenvalue weighted by atomic mass is 9.93. The SMILES string of the molecule is CCCNC(Cc1ncnn1CC(C)C)C(C)C1CC1. The zero-order valence-corrected chi connectivity index (χ0v) is 13.5. The maximum Gasteiger partial charge on any atom is 0.138 e. The van der Waals surface area contributed by atoms with Gasteiger partial charge in [-0.2, -0.15) is 5.10 Å². The predicted molar refractivity (Wildman–Crippen MR) is 82.5 cm³/mol. The maximum absolute atomic E-state index is 4.49. The van der Waals surface area contributed by atoms with Crippen LogP contribution >= 0.6 is 0 Å². The number of hydrogen-bond acceptors (Lipinski definition) is 3. The summed E-state index contributed by atoms with van der Waals surface area (Å²) in [6, 6.07) is 0.539. The second-order valence-electron chi connectivity index (χ2n) is 6.71. The van der Waals surface area contributed by atoms with E-state index in [4.69, 9.17) is 0 Å². The summed E-state index contributed by atoms with van der Waals surface area (Å²) < 4.78 is 2.09. The molecule has 0 bridgehead atoms. The van der Waals surface area contributed by atoms with Crippen LogP contribution in [0.1, 0.15) is 52.8 Å². The molecule has 1 N–H and O–H groups in total. The summed E-state index contributed by atoms with van der Waals surface area (Å²) in [5.41, 5.74) is 0. The predicted octanol–water partition coefficient (Wildman–Crippen LogP) is 2.89. The van der Waals surface area contributed by atoms with Crippen molar-refractivity contribution < 1.29 is 0 Å². The Morgan fingerprint density at radius 3 is 2.70 bits per heavy atom. The van der Waals surface area contributed by atoms with Crippen molar-refractivity contribution in [3.8, 4) is 0 Å². The Kier molecular flexibility index (Phi) is 5.58. The average molecular weight is 278 g/mol. The van der Waals surface area contributed by atoms with Gasteiger partial charge < -0.3 is 5.32 Å². The highest BCUT2D eigenvalue weighted by molar-refractivity contribution is 4.95. The van der Waals surface area contributed by atoms with Crippen LogP contribution < -0.4 is 5.32 Å². The van der Waals surface area contributed by atoms with E-state index < -0.39 is 0 Å². The zero-order valence-electron chi connectivity index (χ0n) is 13.5. The van der Waals surface area contributed by atoms with Gasteiger partial charge in [-0.3, -0.25) is 0 Å². The van der Waals surface area contributed by atoms with E-state index >= 15 is 0 Å². The van der Waals surface area contributed by atoms with Gasteiger partial charge in [-0.15, -0.1) is 0 Å². The van der Waals surface area contributed by atoms with Crippen LogP contribution in [-0.2, 0) is 13.0 Å². The Hall–Kier alpha value is -0.900. The molecule has 1 aliphatic rings. The van der Waals surface area contributed by atoms with Gasteiger partial charge in [0.25, 0.3) is 0 Å². The van der Waals surface area contributed by atoms with Crippen molar-refractivity contribution in [2.75, 3.05) is 6.54 Å². The van der Waals surface area contributed by atoms with Gasteiger partial charge >= 0.3 is 0 Å². The second kappa shape index (κ2) is 7.21. The molecule has 2 unspecified atom stereocenters. The summed E-state index contributed by atoms with van der Waals surface area (Å²) in [5.74, 6) is 3.41. The molecular formula is C16H30N4. The summed E-state index contributed by atoms with van der Waals surface area (Å²) in [5, 5.41) is 8.12. The summed E-state index contributed by atoms with van der Waals surface area (Å²) in [6.45, 7) is 11.1. The highest BCUT2D eigenvalue weighted by Crippen LogP contribution is 2.38. The molecule has 4 heteroatoms. The minimum Gasteiger partial charge on any atom is -0.313 e. The first kappa shape index (κ1) is 15.5. The van der Waals surface area contributed by atoms with Gasteiger partial charge in [-0.25, -0.2) is 9.67 Å². The van der Waals surface area contributed by atoms with E-state index in [0.29, 0.717) is 12.0 Å². The molecule has 114 valence electrons. The van der Waals surface area contributed by atoms with Crippen LogP contribution in [0.4, 0.5) is 0 Å². The maximum atomic E-state index is 4.49. The molecule has 1 aromatic rings. The summed E-state index contributed by atoms with van der Waals surface area (Å²) in [4.78, 5) is 4.49. The third-order valence-electron chi connectivity index (χ3n) is 4.29. The number of nitrogens with zero attached hydrogens (tertiary/aromatic N) is 3. The van der Waals surface area contributed by atoms with Crippen LogP contribution in [0.2, 0.25) is 0 Å². The Labute approximate surface area is 123 Å². The molecule has 0 aliphatic heterocycles. The Balaban J connectivity index is 2.00. The van der Waals surface area contributed by atoms with E-state index in [1.165, 1.54) is 19.3 Å². The molecule has 0 aromatic carbocycles. The van der Waals surface area contributed by atoms with Crippen molar-refractivity contribution in [3.05, 3.63) is 12.2 Å². The van der Waals surface area contributed by atoms with E-state index in [0.717, 1.165) is 37.2 Å². The third-order valence-corrected chi connectivity index (χ3v) is 4.29. The van der Waals surface area contributed by atoms with Gasteiger partial charge in [0.05, 0.1) is 0 Å². The summed E-state index contributed by atoms with van der Waals surface area (Å²) in [6.07, 6.45) is 6.71. The van der Waals surface area contributed by atoms with Crippen LogP contribution in [0.15, 0.2) is 6.33 Å². The summed E-state index contributed by atoms with van der Waals surface area (Å²) in [7, 11) is 0. The molecule has 1 heterocycles. The zero-order chi connectivity index (χ0) is 14.5. The van der Waals surface area contributed by atoms with Crippen LogP contribution in [0.5, 0.6) is 0 Å². The van der Waals surface area contributed by atoms with E-state index in [1.807, 2.05) is 0 Å². The molecule has 1 aromatic heterocycles. The van der Waals surface area contributed by atoms with Gasteiger partial charge in [0, 0.05) is 19.0 Å². The minimum atomic E-state index is 0.539. The lowest BCUT2D eigenvalue weighted by molar-refractivity contribution is 0.328. The first-order chi connectivity index (χ1) is 9.61. The van der Waals surface area contributed by atoms with Gasteiger partial charge in [0.1, 0.15) is 12.2 Å². The van der Waals surface area contributed by atoms with Crippen molar-refractivity contribution in [2.24, 2.45) is 17.8 Å². The molecule has 1 aliphatic carbocycles. The van der Waals surface area contributed by atoms with E-state index in [2.05, 4.69) is 47.8 Å². The lowest BCUT2D eigenvalue weighted by Gasteiger charge is -2.25. The molecule has 2 rings (SSSR count). The van der Waals surface area contributed by atoms with Gasteiger partial charge in [0.15, 0.2) is 0 Å². The Morgan fingerprint density at radius 2 is 2.10 bits per heavy atom. The van der Waals surface area contributed by atoms with E-state index in [-0.39, 0.29) is 0 Å². The first-order valence-electron chi connectivity index (χ1n) is 8.21. The van der Waals surface area contributed by atoms with Gasteiger partial charge in [-0.05, 0) is 43.6 Å². The molecular weight excluding hydrogens is 248 g/mol. The van der Waals surface area contributed by atoms with Crippen molar-refractivity contribution in [1.29, 1.82) is 0 Å². The lowest BCUT2D eigenvalue weighted by Crippen LogP contribution is -2.39. The van der Waals surface area contributed by atoms with Crippen LogP contribution in [0, 0.1) is 17.8 Å². The molecule has 0 saturated heterocycles. The monoisotopic (exact) mass is 278 g/mol. The topological polar surface area (TPSA) is 42.7 Å². The van der Waals surface area contributed by atoms with E-state index in [9.17, 15) is 0 Å². The van der Waals surface area contributed by atoms with Crippen molar-refractivity contribution in [3.63, 3.8) is 0 Å². The first-order valence-corrected chi connectivity index (χ1v) is 8.21. The van der Waals surface area contributed by atoms with Crippen LogP contribution in [0.25, 0.3) is 0 Å². The van der Waals surface area contributed by atoms with Crippen molar-refractivity contribution in [1.82, 2.24) is 20.1 Å². The number of nitrogens with one attached hydrogen (secondary N) is 1. The van der Waals surface area contributed by atoms with Crippen LogP contribution in [0.3, 0.4) is 0 Å². The highest BCUT2D eigenvalue weighted by atomic mass is 15.3. The third kappa shape index (κ3) is 4.30. The number of aromatic nitrogens is 3.